The largest absolute Gasteiger partial charge is 0.284 e. The van der Waals surface area contributed by atoms with Gasteiger partial charge in [0.2, 0.25) is 10.0 Å². The van der Waals surface area contributed by atoms with E-state index in [9.17, 15) is 16.8 Å². The molecule has 0 radical (unpaired) electrons. The van der Waals surface area contributed by atoms with Crippen LogP contribution in [0, 0.1) is 11.8 Å². The van der Waals surface area contributed by atoms with Crippen LogP contribution in [0.15, 0.2) is 24.3 Å². The second-order valence-electron chi connectivity index (χ2n) is 7.87. The molecule has 2 rings (SSSR count). The molecular formula is C19H31NO4S2. The van der Waals surface area contributed by atoms with Gasteiger partial charge in [0.25, 0.3) is 0 Å². The fraction of sp³-hybridized carbons (Fsp3) is 0.684. The van der Waals surface area contributed by atoms with Crippen LogP contribution in [-0.2, 0) is 26.3 Å². The van der Waals surface area contributed by atoms with Crippen LogP contribution < -0.4 is 4.72 Å². The molecule has 0 spiro atoms. The van der Waals surface area contributed by atoms with Crippen molar-refractivity contribution in [2.75, 3.05) is 16.7 Å². The molecule has 5 nitrogen and oxygen atoms in total. The average Bonchev–Trinajstić information content (AvgIpc) is 2.54. The predicted octanol–water partition coefficient (Wildman–Crippen LogP) is 3.62. The third-order valence-electron chi connectivity index (χ3n) is 5.25. The zero-order valence-corrected chi connectivity index (χ0v) is 17.6. The summed E-state index contributed by atoms with van der Waals surface area (Å²) in [6.07, 6.45) is 7.44. The highest BCUT2D eigenvalue weighted by Gasteiger charge is 2.27. The number of sulfonamides is 1. The minimum absolute atomic E-state index is 0.277. The molecule has 0 saturated heterocycles. The molecule has 0 amide bonds. The lowest BCUT2D eigenvalue weighted by molar-refractivity contribution is 0.278. The van der Waals surface area contributed by atoms with Gasteiger partial charge in [0.15, 0.2) is 9.84 Å². The van der Waals surface area contributed by atoms with Crippen LogP contribution in [0.5, 0.6) is 0 Å². The molecule has 0 unspecified atom stereocenters. The lowest BCUT2D eigenvalue weighted by Gasteiger charge is -2.28. The van der Waals surface area contributed by atoms with Crippen LogP contribution in [0.25, 0.3) is 0 Å². The van der Waals surface area contributed by atoms with Crippen LogP contribution in [0.4, 0.5) is 5.69 Å². The summed E-state index contributed by atoms with van der Waals surface area (Å²) in [5.74, 6) is 1.31. The Labute approximate surface area is 158 Å². The average molecular weight is 402 g/mol. The third-order valence-corrected chi connectivity index (χ3v) is 8.23. The number of nitrogens with one attached hydrogen (secondary N) is 1. The Morgan fingerprint density at radius 3 is 2.00 bits per heavy atom. The van der Waals surface area contributed by atoms with E-state index in [4.69, 9.17) is 0 Å². The number of anilines is 1. The highest BCUT2D eigenvalue weighted by molar-refractivity contribution is 7.92. The van der Waals surface area contributed by atoms with Crippen molar-refractivity contribution in [1.29, 1.82) is 0 Å². The normalized spacial score (nSPS) is 21.7. The van der Waals surface area contributed by atoms with Crippen LogP contribution in [0.2, 0.25) is 0 Å². The molecular weight excluding hydrogens is 370 g/mol. The van der Waals surface area contributed by atoms with Crippen molar-refractivity contribution in [3.05, 3.63) is 29.8 Å². The number of benzene rings is 1. The molecule has 0 heterocycles. The van der Waals surface area contributed by atoms with E-state index in [0.717, 1.165) is 44.8 Å². The Hall–Kier alpha value is -1.08. The second-order valence-corrected chi connectivity index (χ2v) is 12.2. The van der Waals surface area contributed by atoms with Crippen molar-refractivity contribution < 1.29 is 16.8 Å². The summed E-state index contributed by atoms with van der Waals surface area (Å²) < 4.78 is 49.0. The number of rotatable bonds is 8. The molecule has 0 aromatic heterocycles. The Morgan fingerprint density at radius 2 is 1.50 bits per heavy atom. The summed E-state index contributed by atoms with van der Waals surface area (Å²) in [5.41, 5.74) is 1.79. The molecule has 1 aliphatic carbocycles. The van der Waals surface area contributed by atoms with Gasteiger partial charge in [-0.2, -0.15) is 0 Å². The van der Waals surface area contributed by atoms with E-state index in [1.54, 1.807) is 26.0 Å². The number of aryl methyl sites for hydroxylation is 1. The van der Waals surface area contributed by atoms with Gasteiger partial charge in [0, 0.05) is 5.69 Å². The van der Waals surface area contributed by atoms with Gasteiger partial charge >= 0.3 is 0 Å². The molecule has 7 heteroatoms. The Morgan fingerprint density at radius 1 is 0.962 bits per heavy atom. The molecule has 26 heavy (non-hydrogen) atoms. The van der Waals surface area contributed by atoms with Gasteiger partial charge in [-0.1, -0.05) is 25.0 Å². The third kappa shape index (κ3) is 6.91. The van der Waals surface area contributed by atoms with E-state index in [1.807, 2.05) is 12.1 Å². The van der Waals surface area contributed by atoms with E-state index in [2.05, 4.69) is 4.72 Å². The minimum atomic E-state index is -3.24. The van der Waals surface area contributed by atoms with Crippen molar-refractivity contribution in [2.24, 2.45) is 11.8 Å². The lowest BCUT2D eigenvalue weighted by atomic mass is 9.80. The number of sulfone groups is 1. The van der Waals surface area contributed by atoms with E-state index in [0.29, 0.717) is 23.3 Å². The van der Waals surface area contributed by atoms with Crippen molar-refractivity contribution in [3.63, 3.8) is 0 Å². The Kier molecular flexibility index (Phi) is 7.13. The van der Waals surface area contributed by atoms with Gasteiger partial charge < -0.3 is 0 Å². The Bertz CT molecular complexity index is 775. The van der Waals surface area contributed by atoms with Gasteiger partial charge in [-0.15, -0.1) is 0 Å². The first kappa shape index (κ1) is 21.2. The summed E-state index contributed by atoms with van der Waals surface area (Å²) in [5, 5.41) is -0.277. The zero-order valence-electron chi connectivity index (χ0n) is 15.9. The maximum absolute atomic E-state index is 12.1. The van der Waals surface area contributed by atoms with Crippen LogP contribution in [-0.4, -0.2) is 34.1 Å². The topological polar surface area (TPSA) is 80.3 Å². The molecule has 1 fully saturated rings. The predicted molar refractivity (Wildman–Crippen MR) is 108 cm³/mol. The van der Waals surface area contributed by atoms with E-state index >= 15 is 0 Å². The first-order chi connectivity index (χ1) is 12.0. The molecule has 1 aliphatic rings. The first-order valence-corrected chi connectivity index (χ1v) is 12.9. The molecule has 1 N–H and O–H groups in total. The zero-order chi connectivity index (χ0) is 19.4. The SMILES string of the molecule is CC(C)S(=O)(=O)CC1CCC(CCc2ccc(NS(C)(=O)=O)cc2)CC1. The molecule has 0 bridgehead atoms. The summed E-state index contributed by atoms with van der Waals surface area (Å²) in [6, 6.07) is 7.52. The summed E-state index contributed by atoms with van der Waals surface area (Å²) >= 11 is 0. The highest BCUT2D eigenvalue weighted by Crippen LogP contribution is 2.33. The summed E-state index contributed by atoms with van der Waals surface area (Å²) in [6.45, 7) is 3.52. The van der Waals surface area contributed by atoms with Crippen molar-refractivity contribution >= 4 is 25.5 Å². The maximum Gasteiger partial charge on any atom is 0.229 e. The standard InChI is InChI=1S/C19H31NO4S2/c1-15(2)26(23,24)14-18-8-6-16(7-9-18)4-5-17-10-12-19(13-11-17)20-25(3,21)22/h10-13,15-16,18,20H,4-9,14H2,1-3H3. The smallest absolute Gasteiger partial charge is 0.229 e. The van der Waals surface area contributed by atoms with E-state index in [-0.39, 0.29) is 5.25 Å². The van der Waals surface area contributed by atoms with E-state index < -0.39 is 19.9 Å². The molecule has 0 aliphatic heterocycles. The molecule has 0 atom stereocenters. The van der Waals surface area contributed by atoms with Crippen LogP contribution in [0.1, 0.15) is 51.5 Å². The van der Waals surface area contributed by atoms with Gasteiger partial charge in [0.1, 0.15) is 0 Å². The second kappa shape index (κ2) is 8.74. The van der Waals surface area contributed by atoms with Gasteiger partial charge in [-0.3, -0.25) is 4.72 Å². The fourth-order valence-electron chi connectivity index (χ4n) is 3.53. The number of hydrogen-bond donors (Lipinski definition) is 1. The number of hydrogen-bond acceptors (Lipinski definition) is 4. The van der Waals surface area contributed by atoms with Gasteiger partial charge in [-0.05, 0) is 69.1 Å². The molecule has 148 valence electrons. The summed E-state index contributed by atoms with van der Waals surface area (Å²) in [4.78, 5) is 0. The lowest BCUT2D eigenvalue weighted by Crippen LogP contribution is -2.26. The van der Waals surface area contributed by atoms with Gasteiger partial charge in [0.05, 0.1) is 17.3 Å². The first-order valence-electron chi connectivity index (χ1n) is 9.33. The Balaban J connectivity index is 1.76. The monoisotopic (exact) mass is 401 g/mol. The maximum atomic E-state index is 12.1. The van der Waals surface area contributed by atoms with Crippen molar-refractivity contribution in [1.82, 2.24) is 0 Å². The van der Waals surface area contributed by atoms with Crippen LogP contribution in [0.3, 0.4) is 0 Å². The van der Waals surface area contributed by atoms with E-state index in [1.165, 1.54) is 5.56 Å². The highest BCUT2D eigenvalue weighted by atomic mass is 32.2. The molecule has 1 saturated carbocycles. The quantitative estimate of drug-likeness (QED) is 0.721. The van der Waals surface area contributed by atoms with Crippen molar-refractivity contribution in [3.8, 4) is 0 Å². The molecule has 1 aromatic rings. The fourth-order valence-corrected chi connectivity index (χ4v) is 5.47. The summed E-state index contributed by atoms with van der Waals surface area (Å²) in [7, 11) is -6.17. The minimum Gasteiger partial charge on any atom is -0.284 e. The van der Waals surface area contributed by atoms with Gasteiger partial charge in [-0.25, -0.2) is 16.8 Å². The van der Waals surface area contributed by atoms with Crippen molar-refractivity contribution in [2.45, 2.75) is 57.6 Å². The molecule has 1 aromatic carbocycles. The van der Waals surface area contributed by atoms with Crippen LogP contribution >= 0.6 is 0 Å².